The molecule has 0 N–H and O–H groups in total. The predicted octanol–water partition coefficient (Wildman–Crippen LogP) is 5.51. The SMILES string of the molecule is CCCCC1=N[C@H]2Sc3c(SCCN4C(=O)c5ccccc5C4=O)ncnc3[C@H]2C2=C1CCC2. The fourth-order valence-electron chi connectivity index (χ4n) is 5.47. The number of aromatic nitrogens is 2. The molecule has 174 valence electrons. The van der Waals surface area contributed by atoms with Crippen LogP contribution >= 0.6 is 23.5 Å². The Morgan fingerprint density at radius 1 is 1.12 bits per heavy atom. The average molecular weight is 491 g/mol. The van der Waals surface area contributed by atoms with Crippen molar-refractivity contribution < 1.29 is 9.59 Å². The number of hydrogen-bond acceptors (Lipinski definition) is 7. The normalized spacial score (nSPS) is 22.6. The van der Waals surface area contributed by atoms with Crippen LogP contribution in [-0.2, 0) is 0 Å². The third-order valence-corrected chi connectivity index (χ3v) is 9.44. The van der Waals surface area contributed by atoms with Crippen molar-refractivity contribution in [3.63, 3.8) is 0 Å². The largest absolute Gasteiger partial charge is 0.274 e. The molecule has 6 nitrogen and oxygen atoms in total. The van der Waals surface area contributed by atoms with Crippen molar-refractivity contribution in [2.45, 2.75) is 66.7 Å². The van der Waals surface area contributed by atoms with Crippen molar-refractivity contribution in [3.05, 3.63) is 58.6 Å². The lowest BCUT2D eigenvalue weighted by Crippen LogP contribution is -2.31. The molecule has 4 heterocycles. The van der Waals surface area contributed by atoms with Gasteiger partial charge in [0.2, 0.25) is 0 Å². The van der Waals surface area contributed by atoms with E-state index in [0.717, 1.165) is 34.9 Å². The van der Waals surface area contributed by atoms with Gasteiger partial charge >= 0.3 is 0 Å². The quantitative estimate of drug-likeness (QED) is 0.290. The topological polar surface area (TPSA) is 75.5 Å². The summed E-state index contributed by atoms with van der Waals surface area (Å²) in [5.74, 6) is 0.457. The second-order valence-electron chi connectivity index (χ2n) is 9.07. The van der Waals surface area contributed by atoms with E-state index in [0.29, 0.717) is 23.4 Å². The number of amides is 2. The Morgan fingerprint density at radius 2 is 1.91 bits per heavy atom. The van der Waals surface area contributed by atoms with Gasteiger partial charge in [0.1, 0.15) is 16.7 Å². The van der Waals surface area contributed by atoms with Gasteiger partial charge in [-0.15, -0.1) is 11.8 Å². The standard InChI is InChI=1S/C26H26N4O2S2/c1-2-3-11-19-15-9-6-10-16(15)20-21-22(34-23(20)29-19)24(28-14-27-21)33-13-12-30-25(31)17-7-4-5-8-18(17)26(30)32/h4-5,7-8,14,20,23H,2-3,6,9-13H2,1H3/t20-,23+/m1/s1. The zero-order chi connectivity index (χ0) is 23.2. The van der Waals surface area contributed by atoms with Crippen LogP contribution in [0.4, 0.5) is 0 Å². The fraction of sp³-hybridized carbons (Fsp3) is 0.423. The maximum Gasteiger partial charge on any atom is 0.261 e. The second kappa shape index (κ2) is 8.96. The highest BCUT2D eigenvalue weighted by molar-refractivity contribution is 8.02. The number of carbonyl (C=O) groups excluding carboxylic acids is 2. The zero-order valence-electron chi connectivity index (χ0n) is 19.1. The highest BCUT2D eigenvalue weighted by Gasteiger charge is 2.44. The van der Waals surface area contributed by atoms with E-state index in [9.17, 15) is 9.59 Å². The molecule has 0 fully saturated rings. The number of thioether (sulfide) groups is 2. The summed E-state index contributed by atoms with van der Waals surface area (Å²) >= 11 is 3.39. The van der Waals surface area contributed by atoms with E-state index in [4.69, 9.17) is 9.98 Å². The zero-order valence-corrected chi connectivity index (χ0v) is 20.8. The van der Waals surface area contributed by atoms with E-state index in [-0.39, 0.29) is 23.1 Å². The van der Waals surface area contributed by atoms with Gasteiger partial charge in [-0.05, 0) is 49.8 Å². The molecule has 2 aromatic rings. The first kappa shape index (κ1) is 22.0. The Labute approximate surface area is 207 Å². The molecule has 6 rings (SSSR count). The lowest BCUT2D eigenvalue weighted by Gasteiger charge is -2.26. The molecule has 0 saturated heterocycles. The van der Waals surface area contributed by atoms with Crippen molar-refractivity contribution in [1.29, 1.82) is 0 Å². The van der Waals surface area contributed by atoms with Gasteiger partial charge in [-0.2, -0.15) is 0 Å². The number of dihydropyridines is 1. The van der Waals surface area contributed by atoms with Gasteiger partial charge in [0.05, 0.1) is 27.6 Å². The Hall–Kier alpha value is -2.45. The molecule has 8 heteroatoms. The summed E-state index contributed by atoms with van der Waals surface area (Å²) < 4.78 is 0. The monoisotopic (exact) mass is 490 g/mol. The second-order valence-corrected chi connectivity index (χ2v) is 11.3. The minimum Gasteiger partial charge on any atom is -0.274 e. The van der Waals surface area contributed by atoms with Crippen molar-refractivity contribution in [1.82, 2.24) is 14.9 Å². The molecule has 1 aromatic carbocycles. The summed E-state index contributed by atoms with van der Waals surface area (Å²) in [6, 6.07) is 7.04. The molecule has 2 amide bonds. The van der Waals surface area contributed by atoms with Gasteiger partial charge in [-0.3, -0.25) is 19.5 Å². The van der Waals surface area contributed by atoms with Gasteiger partial charge in [-0.1, -0.05) is 42.8 Å². The number of benzene rings is 1. The molecule has 0 saturated carbocycles. The Balaban J connectivity index is 1.20. The number of unbranched alkanes of at least 4 members (excludes halogenated alkanes) is 1. The van der Waals surface area contributed by atoms with Crippen LogP contribution in [0.15, 0.2) is 56.7 Å². The number of fused-ring (bicyclic) bond motifs is 5. The van der Waals surface area contributed by atoms with Crippen LogP contribution < -0.4 is 0 Å². The summed E-state index contributed by atoms with van der Waals surface area (Å²) in [5.41, 5.74) is 6.49. The van der Waals surface area contributed by atoms with Crippen molar-refractivity contribution in [2.24, 2.45) is 4.99 Å². The number of imide groups is 1. The van der Waals surface area contributed by atoms with E-state index < -0.39 is 0 Å². The number of rotatable bonds is 7. The maximum absolute atomic E-state index is 12.7. The lowest BCUT2D eigenvalue weighted by molar-refractivity contribution is 0.0664. The van der Waals surface area contributed by atoms with Crippen LogP contribution in [0.25, 0.3) is 0 Å². The van der Waals surface area contributed by atoms with E-state index in [1.54, 1.807) is 59.7 Å². The molecule has 1 aliphatic carbocycles. The molecule has 0 radical (unpaired) electrons. The van der Waals surface area contributed by atoms with Crippen LogP contribution in [0, 0.1) is 0 Å². The summed E-state index contributed by atoms with van der Waals surface area (Å²) in [6.45, 7) is 2.60. The molecule has 0 spiro atoms. The number of aliphatic imine (C=N–C) groups is 1. The molecule has 34 heavy (non-hydrogen) atoms. The fourth-order valence-corrected chi connectivity index (χ4v) is 7.92. The Morgan fingerprint density at radius 3 is 2.68 bits per heavy atom. The first-order valence-electron chi connectivity index (χ1n) is 12.1. The molecule has 4 aliphatic rings. The average Bonchev–Trinajstić information content (AvgIpc) is 3.54. The molecule has 0 bridgehead atoms. The lowest BCUT2D eigenvalue weighted by atomic mass is 9.87. The Bertz CT molecular complexity index is 1220. The summed E-state index contributed by atoms with van der Waals surface area (Å²) in [7, 11) is 0. The summed E-state index contributed by atoms with van der Waals surface area (Å²) in [4.78, 5) is 42.3. The third kappa shape index (κ3) is 3.53. The summed E-state index contributed by atoms with van der Waals surface area (Å²) in [5, 5.41) is 1.09. The molecule has 0 unspecified atom stereocenters. The number of allylic oxidation sites excluding steroid dienone is 1. The van der Waals surface area contributed by atoms with Crippen molar-refractivity contribution in [2.75, 3.05) is 12.3 Å². The first-order chi connectivity index (χ1) is 16.7. The molecule has 3 aliphatic heterocycles. The molecular formula is C26H26N4O2S2. The van der Waals surface area contributed by atoms with E-state index in [1.807, 2.05) is 0 Å². The molecule has 1 aromatic heterocycles. The number of nitrogens with zero attached hydrogens (tertiary/aromatic N) is 4. The molecule has 2 atom stereocenters. The number of hydrogen-bond donors (Lipinski definition) is 0. The van der Waals surface area contributed by atoms with Crippen LogP contribution in [0.5, 0.6) is 0 Å². The minimum absolute atomic E-state index is 0.158. The highest BCUT2D eigenvalue weighted by Crippen LogP contribution is 2.56. The van der Waals surface area contributed by atoms with Crippen LogP contribution in [0.2, 0.25) is 0 Å². The van der Waals surface area contributed by atoms with Gasteiger partial charge in [-0.25, -0.2) is 9.97 Å². The molecular weight excluding hydrogens is 464 g/mol. The predicted molar refractivity (Wildman–Crippen MR) is 135 cm³/mol. The van der Waals surface area contributed by atoms with Gasteiger partial charge in [0.25, 0.3) is 11.8 Å². The van der Waals surface area contributed by atoms with Crippen LogP contribution in [-0.4, -0.2) is 50.1 Å². The maximum atomic E-state index is 12.7. The van der Waals surface area contributed by atoms with Crippen molar-refractivity contribution in [3.8, 4) is 0 Å². The van der Waals surface area contributed by atoms with Crippen molar-refractivity contribution >= 4 is 41.0 Å². The smallest absolute Gasteiger partial charge is 0.261 e. The third-order valence-electron chi connectivity index (χ3n) is 7.08. The van der Waals surface area contributed by atoms with Gasteiger partial charge in [0.15, 0.2) is 0 Å². The first-order valence-corrected chi connectivity index (χ1v) is 13.9. The van der Waals surface area contributed by atoms with E-state index in [1.165, 1.54) is 35.4 Å². The van der Waals surface area contributed by atoms with Gasteiger partial charge < -0.3 is 0 Å². The summed E-state index contributed by atoms with van der Waals surface area (Å²) in [6.07, 6.45) is 8.61. The number of carbonyl (C=O) groups is 2. The van der Waals surface area contributed by atoms with Gasteiger partial charge in [0, 0.05) is 18.0 Å². The Kier molecular flexibility index (Phi) is 5.81. The van der Waals surface area contributed by atoms with E-state index >= 15 is 0 Å². The minimum atomic E-state index is -0.204. The van der Waals surface area contributed by atoms with Crippen LogP contribution in [0.3, 0.4) is 0 Å². The van der Waals surface area contributed by atoms with Crippen LogP contribution in [0.1, 0.15) is 77.8 Å². The highest BCUT2D eigenvalue weighted by atomic mass is 32.2. The van der Waals surface area contributed by atoms with E-state index in [2.05, 4.69) is 11.9 Å².